The van der Waals surface area contributed by atoms with Gasteiger partial charge in [0.05, 0.1) is 12.0 Å². The Hall–Kier alpha value is -0.740. The molecule has 0 spiro atoms. The third kappa shape index (κ3) is 1.08. The van der Waals surface area contributed by atoms with Gasteiger partial charge in [0.15, 0.2) is 0 Å². The molecule has 0 aliphatic carbocycles. The van der Waals surface area contributed by atoms with E-state index < -0.39 is 5.66 Å². The molecule has 0 saturated carbocycles. The van der Waals surface area contributed by atoms with Gasteiger partial charge in [-0.1, -0.05) is 11.6 Å². The molecule has 1 aliphatic heterocycles. The topological polar surface area (TPSA) is 76.4 Å². The van der Waals surface area contributed by atoms with Crippen LogP contribution in [0.5, 0.6) is 0 Å². The van der Waals surface area contributed by atoms with Crippen LogP contribution in [0.1, 0.15) is 6.92 Å². The molecule has 4 nitrogen and oxygen atoms in total. The van der Waals surface area contributed by atoms with Crippen LogP contribution in [-0.4, -0.2) is 12.0 Å². The maximum atomic E-state index is 5.62. The van der Waals surface area contributed by atoms with E-state index in [4.69, 9.17) is 23.1 Å². The molecule has 5 heteroatoms. The van der Waals surface area contributed by atoms with Crippen LogP contribution in [0, 0.1) is 0 Å². The zero-order valence-corrected chi connectivity index (χ0v) is 6.31. The van der Waals surface area contributed by atoms with Crippen molar-refractivity contribution in [2.45, 2.75) is 12.6 Å². The summed E-state index contributed by atoms with van der Waals surface area (Å²) in [6.07, 6.45) is 1.43. The minimum Gasteiger partial charge on any atom is -0.397 e. The van der Waals surface area contributed by atoms with Crippen LogP contribution in [0.3, 0.4) is 0 Å². The number of aliphatic imine (C=N–C) groups is 1. The van der Waals surface area contributed by atoms with E-state index in [9.17, 15) is 0 Å². The molecule has 0 fully saturated rings. The number of nitrogens with zero attached hydrogens (tertiary/aromatic N) is 1. The van der Waals surface area contributed by atoms with Crippen molar-refractivity contribution in [1.82, 2.24) is 5.32 Å². The van der Waals surface area contributed by atoms with Crippen molar-refractivity contribution in [1.29, 1.82) is 0 Å². The van der Waals surface area contributed by atoms with Crippen LogP contribution < -0.4 is 16.8 Å². The average molecular weight is 161 g/mol. The molecule has 0 amide bonds. The van der Waals surface area contributed by atoms with Gasteiger partial charge in [-0.2, -0.15) is 0 Å². The Bertz CT molecular complexity index is 206. The normalized spacial score (nSPS) is 32.3. The summed E-state index contributed by atoms with van der Waals surface area (Å²) in [6, 6.07) is 0. The molecular weight excluding hydrogens is 152 g/mol. The molecule has 56 valence electrons. The third-order valence-electron chi connectivity index (χ3n) is 1.31. The Morgan fingerprint density at radius 1 is 1.80 bits per heavy atom. The second-order valence-electron chi connectivity index (χ2n) is 2.28. The van der Waals surface area contributed by atoms with E-state index >= 15 is 0 Å². The molecule has 1 aliphatic rings. The Morgan fingerprint density at radius 3 is 2.80 bits per heavy atom. The summed E-state index contributed by atoms with van der Waals surface area (Å²) in [4.78, 5) is 3.87. The van der Waals surface area contributed by atoms with Crippen molar-refractivity contribution in [3.8, 4) is 0 Å². The molecule has 0 aromatic rings. The molecule has 1 heterocycles. The molecule has 5 N–H and O–H groups in total. The summed E-state index contributed by atoms with van der Waals surface area (Å²) in [5.41, 5.74) is 10.6. The number of nitrogens with two attached hydrogens (primary N) is 2. The van der Waals surface area contributed by atoms with E-state index in [1.54, 1.807) is 6.92 Å². The van der Waals surface area contributed by atoms with Crippen LogP contribution in [-0.2, 0) is 0 Å². The first kappa shape index (κ1) is 7.37. The third-order valence-corrected chi connectivity index (χ3v) is 1.62. The van der Waals surface area contributed by atoms with Crippen molar-refractivity contribution in [3.05, 3.63) is 10.9 Å². The lowest BCUT2D eigenvalue weighted by Gasteiger charge is -2.24. The molecule has 0 aromatic carbocycles. The summed E-state index contributed by atoms with van der Waals surface area (Å²) >= 11 is 5.62. The maximum Gasteiger partial charge on any atom is 0.149 e. The van der Waals surface area contributed by atoms with E-state index in [1.807, 2.05) is 0 Å². The molecule has 1 rings (SSSR count). The lowest BCUT2D eigenvalue weighted by atomic mass is 10.1. The summed E-state index contributed by atoms with van der Waals surface area (Å²) < 4.78 is 0. The predicted molar refractivity (Wildman–Crippen MR) is 41.3 cm³/mol. The van der Waals surface area contributed by atoms with Crippen molar-refractivity contribution < 1.29 is 0 Å². The fourth-order valence-electron chi connectivity index (χ4n) is 0.593. The lowest BCUT2D eigenvalue weighted by molar-refractivity contribution is 0.560. The second-order valence-corrected chi connectivity index (χ2v) is 2.66. The first-order chi connectivity index (χ1) is 4.54. The maximum absolute atomic E-state index is 5.62. The monoisotopic (exact) mass is 160 g/mol. The minimum atomic E-state index is -0.859. The minimum absolute atomic E-state index is 0.347. The SMILES string of the molecule is CC1(N)N=CNC(Cl)=C1N. The molecule has 0 aromatic heterocycles. The number of hydrogen-bond donors (Lipinski definition) is 3. The molecule has 0 bridgehead atoms. The smallest absolute Gasteiger partial charge is 0.149 e. The summed E-state index contributed by atoms with van der Waals surface area (Å²) in [5, 5.41) is 2.98. The highest BCUT2D eigenvalue weighted by atomic mass is 35.5. The number of rotatable bonds is 0. The molecule has 1 atom stereocenters. The van der Waals surface area contributed by atoms with E-state index in [-0.39, 0.29) is 0 Å². The van der Waals surface area contributed by atoms with E-state index in [2.05, 4.69) is 10.3 Å². The summed E-state index contributed by atoms with van der Waals surface area (Å²) in [6.45, 7) is 1.68. The zero-order chi connectivity index (χ0) is 7.78. The highest BCUT2D eigenvalue weighted by molar-refractivity contribution is 6.30. The molecular formula is C5H9ClN4. The van der Waals surface area contributed by atoms with Gasteiger partial charge in [-0.05, 0) is 6.92 Å². The van der Waals surface area contributed by atoms with Gasteiger partial charge in [0.25, 0.3) is 0 Å². The Kier molecular flexibility index (Phi) is 1.58. The van der Waals surface area contributed by atoms with E-state index in [0.717, 1.165) is 0 Å². The van der Waals surface area contributed by atoms with Crippen LogP contribution in [0.25, 0.3) is 0 Å². The van der Waals surface area contributed by atoms with Gasteiger partial charge in [-0.15, -0.1) is 0 Å². The van der Waals surface area contributed by atoms with Crippen LogP contribution in [0.4, 0.5) is 0 Å². The largest absolute Gasteiger partial charge is 0.397 e. The van der Waals surface area contributed by atoms with Crippen LogP contribution in [0.2, 0.25) is 0 Å². The Balaban J connectivity index is 2.97. The molecule has 0 saturated heterocycles. The Morgan fingerprint density at radius 2 is 2.40 bits per heavy atom. The fourth-order valence-corrected chi connectivity index (χ4v) is 0.833. The van der Waals surface area contributed by atoms with Gasteiger partial charge in [0.1, 0.15) is 10.8 Å². The van der Waals surface area contributed by atoms with Crippen molar-refractivity contribution in [2.75, 3.05) is 0 Å². The number of nitrogens with one attached hydrogen (secondary N) is 1. The van der Waals surface area contributed by atoms with Gasteiger partial charge in [-0.25, -0.2) is 4.99 Å². The van der Waals surface area contributed by atoms with Crippen LogP contribution in [0.15, 0.2) is 15.8 Å². The van der Waals surface area contributed by atoms with Gasteiger partial charge < -0.3 is 16.8 Å². The van der Waals surface area contributed by atoms with Gasteiger partial charge in [-0.3, -0.25) is 0 Å². The highest BCUT2D eigenvalue weighted by Gasteiger charge is 2.25. The summed E-state index contributed by atoms with van der Waals surface area (Å²) in [7, 11) is 0. The van der Waals surface area contributed by atoms with Gasteiger partial charge in [0.2, 0.25) is 0 Å². The van der Waals surface area contributed by atoms with Gasteiger partial charge >= 0.3 is 0 Å². The van der Waals surface area contributed by atoms with Crippen molar-refractivity contribution in [3.63, 3.8) is 0 Å². The van der Waals surface area contributed by atoms with E-state index in [1.165, 1.54) is 6.34 Å². The second kappa shape index (κ2) is 2.14. The quantitative estimate of drug-likeness (QED) is 0.425. The first-order valence-electron chi connectivity index (χ1n) is 2.79. The lowest BCUT2D eigenvalue weighted by Crippen LogP contribution is -2.44. The van der Waals surface area contributed by atoms with Crippen molar-refractivity contribution in [2.24, 2.45) is 16.5 Å². The van der Waals surface area contributed by atoms with E-state index in [0.29, 0.717) is 10.9 Å². The fraction of sp³-hybridized carbons (Fsp3) is 0.400. The average Bonchev–Trinajstić information content (AvgIpc) is 1.83. The van der Waals surface area contributed by atoms with Gasteiger partial charge in [0, 0.05) is 0 Å². The molecule has 1 unspecified atom stereocenters. The molecule has 0 radical (unpaired) electrons. The predicted octanol–water partition coefficient (Wildman–Crippen LogP) is -0.341. The van der Waals surface area contributed by atoms with Crippen LogP contribution >= 0.6 is 11.6 Å². The standard InChI is InChI=1S/C5H9ClN4/c1-5(8)3(7)4(6)9-2-10-5/h2H,7-8H2,1H3,(H,9,10). The number of halogens is 1. The molecule has 10 heavy (non-hydrogen) atoms. The summed E-state index contributed by atoms with van der Waals surface area (Å²) in [5.74, 6) is 0. The van der Waals surface area contributed by atoms with Crippen molar-refractivity contribution >= 4 is 17.9 Å². The number of hydrogen-bond acceptors (Lipinski definition) is 4. The Labute approximate surface area is 63.9 Å². The highest BCUT2D eigenvalue weighted by Crippen LogP contribution is 2.16. The zero-order valence-electron chi connectivity index (χ0n) is 5.56. The first-order valence-corrected chi connectivity index (χ1v) is 3.16.